The minimum absolute atomic E-state index is 0.00595. The zero-order valence-corrected chi connectivity index (χ0v) is 34.0. The number of methoxy groups -OCH3 is 1. The fourth-order valence-corrected chi connectivity index (χ4v) is 7.84. The van der Waals surface area contributed by atoms with E-state index in [-0.39, 0.29) is 36.7 Å². The van der Waals surface area contributed by atoms with Crippen LogP contribution in [0, 0.1) is 6.92 Å². The Morgan fingerprint density at radius 2 is 1.75 bits per heavy atom. The van der Waals surface area contributed by atoms with E-state index in [4.69, 9.17) is 23.7 Å². The molecule has 10 nitrogen and oxygen atoms in total. The third-order valence-electron chi connectivity index (χ3n) is 10.2. The molecule has 1 fully saturated rings. The predicted octanol–water partition coefficient (Wildman–Crippen LogP) is 9.40. The normalized spacial score (nSPS) is 16.0. The Kier molecular flexibility index (Phi) is 14.8. The molecule has 4 aromatic carbocycles. The third-order valence-corrected chi connectivity index (χ3v) is 11.1. The van der Waals surface area contributed by atoms with Crippen LogP contribution >= 0.6 is 15.9 Å². The number of likely N-dealkylation sites (tertiary alicyclic amines) is 1. The maximum atomic E-state index is 13.5. The Bertz CT molecular complexity index is 2020. The summed E-state index contributed by atoms with van der Waals surface area (Å²) in [6, 6.07) is 29.9. The van der Waals surface area contributed by atoms with Crippen LogP contribution in [0.3, 0.4) is 0 Å². The molecular weight excluding hydrogens is 774 g/mol. The molecule has 0 radical (unpaired) electrons. The van der Waals surface area contributed by atoms with E-state index >= 15 is 0 Å². The molecule has 2 heterocycles. The second-order valence-electron chi connectivity index (χ2n) is 14.0. The minimum Gasteiger partial charge on any atom is -0.496 e. The Hall–Kier alpha value is -4.84. The van der Waals surface area contributed by atoms with Gasteiger partial charge in [-0.25, -0.2) is 4.79 Å². The van der Waals surface area contributed by atoms with Gasteiger partial charge in [-0.3, -0.25) is 4.79 Å². The number of piperidine rings is 1. The number of carbonyl (C=O) groups is 2. The molecule has 2 amide bonds. The first-order chi connectivity index (χ1) is 27.3. The highest BCUT2D eigenvalue weighted by Crippen LogP contribution is 2.39. The number of aromatic nitrogens is 1. The lowest BCUT2D eigenvalue weighted by Gasteiger charge is -2.40. The van der Waals surface area contributed by atoms with Gasteiger partial charge in [-0.05, 0) is 76.1 Å². The minimum atomic E-state index is -0.380. The number of fused-ring (bicyclic) bond motifs is 1. The fraction of sp³-hybridized carbons (Fsp3) is 0.378. The van der Waals surface area contributed by atoms with E-state index in [0.717, 1.165) is 61.1 Å². The average molecular weight is 827 g/mol. The molecule has 11 heteroatoms. The van der Waals surface area contributed by atoms with Crippen molar-refractivity contribution in [1.29, 1.82) is 0 Å². The van der Waals surface area contributed by atoms with Crippen molar-refractivity contribution in [3.8, 4) is 11.5 Å². The maximum Gasteiger partial charge on any atom is 0.410 e. The Balaban J connectivity index is 1.15. The topological polar surface area (TPSA) is 111 Å². The summed E-state index contributed by atoms with van der Waals surface area (Å²) in [5.41, 5.74) is 6.18. The van der Waals surface area contributed by atoms with Gasteiger partial charge in [0.2, 0.25) is 5.91 Å². The van der Waals surface area contributed by atoms with Crippen molar-refractivity contribution in [3.63, 3.8) is 0 Å². The lowest BCUT2D eigenvalue weighted by Crippen LogP contribution is -2.47. The molecule has 0 spiro atoms. The first kappa shape index (κ1) is 40.8. The van der Waals surface area contributed by atoms with Crippen molar-refractivity contribution in [3.05, 3.63) is 129 Å². The van der Waals surface area contributed by atoms with Gasteiger partial charge in [0.05, 0.1) is 51.2 Å². The highest BCUT2D eigenvalue weighted by molar-refractivity contribution is 9.10. The van der Waals surface area contributed by atoms with Gasteiger partial charge in [-0.2, -0.15) is 0 Å². The first-order valence-corrected chi connectivity index (χ1v) is 20.2. The zero-order chi connectivity index (χ0) is 39.3. The van der Waals surface area contributed by atoms with Crippen molar-refractivity contribution < 1.29 is 33.3 Å². The maximum absolute atomic E-state index is 13.5. The van der Waals surface area contributed by atoms with Gasteiger partial charge in [0.25, 0.3) is 0 Å². The summed E-state index contributed by atoms with van der Waals surface area (Å²) in [6.07, 6.45) is 3.27. The first-order valence-electron chi connectivity index (χ1n) is 19.4. The lowest BCUT2D eigenvalue weighted by molar-refractivity contribution is -0.121. The number of nitrogens with zero attached hydrogens (tertiary/aromatic N) is 1. The Morgan fingerprint density at radius 3 is 2.54 bits per heavy atom. The molecule has 1 aliphatic rings. The molecule has 0 aliphatic carbocycles. The number of benzene rings is 4. The van der Waals surface area contributed by atoms with Crippen LogP contribution in [0.5, 0.6) is 11.5 Å². The number of para-hydroxylation sites is 1. The molecule has 296 valence electrons. The van der Waals surface area contributed by atoms with Gasteiger partial charge in [0.15, 0.2) is 0 Å². The van der Waals surface area contributed by atoms with E-state index in [1.165, 1.54) is 0 Å². The molecule has 2 N–H and O–H groups in total. The average Bonchev–Trinajstić information content (AvgIpc) is 3.62. The third kappa shape index (κ3) is 10.7. The standard InChI is InChI=1S/C45H52BrN3O7/c1-4-42(50)47-23-21-40(38-20-19-36-31(2)27-48-44(36)43(38)46)56-41-28-49(45(51)55-29-32-11-6-5-7-12-32)24-22-37(41)33-15-17-35(18-16-33)54-26-10-25-53-30-34-13-8-9-14-39(34)52-3/h5-9,11-20,27,37,40-41,48H,4,10,21-26,28-30H2,1-3H3,(H,47,50). The number of H-pyrrole nitrogens is 1. The van der Waals surface area contributed by atoms with E-state index < -0.39 is 0 Å². The molecule has 0 bridgehead atoms. The van der Waals surface area contributed by atoms with E-state index in [9.17, 15) is 9.59 Å². The van der Waals surface area contributed by atoms with Crippen LogP contribution in [0.1, 0.15) is 72.4 Å². The summed E-state index contributed by atoms with van der Waals surface area (Å²) >= 11 is 3.88. The van der Waals surface area contributed by atoms with Crippen molar-refractivity contribution in [2.45, 2.75) is 70.9 Å². The van der Waals surface area contributed by atoms with E-state index in [1.54, 1.807) is 12.0 Å². The van der Waals surface area contributed by atoms with Crippen LogP contribution in [0.15, 0.2) is 102 Å². The number of aromatic amines is 1. The van der Waals surface area contributed by atoms with Gasteiger partial charge in [0, 0.05) is 53.5 Å². The van der Waals surface area contributed by atoms with Crippen LogP contribution < -0.4 is 14.8 Å². The number of hydrogen-bond acceptors (Lipinski definition) is 7. The van der Waals surface area contributed by atoms with Gasteiger partial charge in [-0.15, -0.1) is 0 Å². The molecule has 3 atom stereocenters. The summed E-state index contributed by atoms with van der Waals surface area (Å²) in [4.78, 5) is 30.9. The van der Waals surface area contributed by atoms with Crippen LogP contribution in [0.2, 0.25) is 0 Å². The van der Waals surface area contributed by atoms with Crippen molar-refractivity contribution in [1.82, 2.24) is 15.2 Å². The quantitative estimate of drug-likeness (QED) is 0.0848. The fourth-order valence-electron chi connectivity index (χ4n) is 7.12. The van der Waals surface area contributed by atoms with Crippen molar-refractivity contribution in [2.24, 2.45) is 0 Å². The van der Waals surface area contributed by atoms with Crippen LogP contribution in [0.25, 0.3) is 10.9 Å². The van der Waals surface area contributed by atoms with Crippen molar-refractivity contribution in [2.75, 3.05) is 40.0 Å². The molecule has 0 saturated carbocycles. The van der Waals surface area contributed by atoms with Crippen LogP contribution in [0.4, 0.5) is 4.79 Å². The molecule has 1 saturated heterocycles. The Morgan fingerprint density at radius 1 is 0.964 bits per heavy atom. The highest BCUT2D eigenvalue weighted by Gasteiger charge is 2.36. The number of halogens is 1. The predicted molar refractivity (Wildman–Crippen MR) is 221 cm³/mol. The van der Waals surface area contributed by atoms with E-state index in [1.807, 2.05) is 79.9 Å². The summed E-state index contributed by atoms with van der Waals surface area (Å²) in [7, 11) is 1.66. The monoisotopic (exact) mass is 825 g/mol. The van der Waals surface area contributed by atoms with Crippen LogP contribution in [-0.4, -0.2) is 67.9 Å². The lowest BCUT2D eigenvalue weighted by atomic mass is 9.86. The smallest absolute Gasteiger partial charge is 0.410 e. The molecule has 56 heavy (non-hydrogen) atoms. The summed E-state index contributed by atoms with van der Waals surface area (Å²) in [6.45, 7) is 7.02. The number of nitrogens with one attached hydrogen (secondary N) is 2. The molecule has 1 aromatic heterocycles. The number of carbonyl (C=O) groups excluding carboxylic acids is 2. The number of ether oxygens (including phenoxy) is 5. The van der Waals surface area contributed by atoms with Gasteiger partial charge in [-0.1, -0.05) is 79.7 Å². The second kappa shape index (κ2) is 20.4. The van der Waals surface area contributed by atoms with Crippen LogP contribution in [-0.2, 0) is 32.2 Å². The SMILES string of the molecule is CCC(=O)NCCC(OC1CN(C(=O)OCc2ccccc2)CCC1c1ccc(OCCCOCc2ccccc2OC)cc1)c1ccc2c(C)c[nH]c2c1Br. The van der Waals surface area contributed by atoms with Gasteiger partial charge in [0.1, 0.15) is 18.1 Å². The van der Waals surface area contributed by atoms with E-state index in [0.29, 0.717) is 58.7 Å². The zero-order valence-electron chi connectivity index (χ0n) is 32.4. The van der Waals surface area contributed by atoms with E-state index in [2.05, 4.69) is 57.4 Å². The summed E-state index contributed by atoms with van der Waals surface area (Å²) in [5, 5.41) is 4.15. The molecular formula is C45H52BrN3O7. The highest BCUT2D eigenvalue weighted by atomic mass is 79.9. The number of hydrogen-bond donors (Lipinski definition) is 2. The number of rotatable bonds is 18. The van der Waals surface area contributed by atoms with Gasteiger partial charge >= 0.3 is 6.09 Å². The summed E-state index contributed by atoms with van der Waals surface area (Å²) < 4.78 is 31.2. The molecule has 6 rings (SSSR count). The summed E-state index contributed by atoms with van der Waals surface area (Å²) in [5.74, 6) is 1.58. The molecule has 1 aliphatic heterocycles. The largest absolute Gasteiger partial charge is 0.496 e. The second-order valence-corrected chi connectivity index (χ2v) is 14.8. The molecule has 5 aromatic rings. The van der Waals surface area contributed by atoms with Gasteiger partial charge < -0.3 is 38.9 Å². The number of aryl methyl sites for hydroxylation is 1. The number of amides is 2. The Labute approximate surface area is 337 Å². The van der Waals surface area contributed by atoms with Crippen molar-refractivity contribution >= 4 is 38.8 Å². The molecule has 3 unspecified atom stereocenters.